The largest absolute Gasteiger partial charge is 0.332 e. The molecule has 2 aromatic heterocycles. The molecule has 1 unspecified atom stereocenters. The minimum atomic E-state index is -0.911. The third kappa shape index (κ3) is 2.74. The van der Waals surface area contributed by atoms with Crippen molar-refractivity contribution in [1.29, 1.82) is 0 Å². The first-order valence-corrected chi connectivity index (χ1v) is 6.90. The van der Waals surface area contributed by atoms with E-state index < -0.39 is 11.6 Å². The highest BCUT2D eigenvalue weighted by Crippen LogP contribution is 2.19. The van der Waals surface area contributed by atoms with Crippen molar-refractivity contribution < 1.29 is 8.78 Å². The molecule has 7 heteroatoms. The number of aromatic nitrogens is 5. The van der Waals surface area contributed by atoms with Gasteiger partial charge in [-0.25, -0.2) is 18.7 Å². The third-order valence-corrected chi connectivity index (χ3v) is 3.54. The van der Waals surface area contributed by atoms with Crippen LogP contribution in [0.25, 0.3) is 11.4 Å². The van der Waals surface area contributed by atoms with Crippen LogP contribution >= 0.6 is 0 Å². The number of halogens is 2. The number of nitrogens with zero attached hydrogens (tertiary/aromatic N) is 4. The van der Waals surface area contributed by atoms with Crippen molar-refractivity contribution in [3.05, 3.63) is 53.9 Å². The molecule has 0 radical (unpaired) electrons. The monoisotopic (exact) mass is 303 g/mol. The lowest BCUT2D eigenvalue weighted by molar-refractivity contribution is 0.509. The van der Waals surface area contributed by atoms with Crippen molar-refractivity contribution >= 4 is 0 Å². The van der Waals surface area contributed by atoms with E-state index in [-0.39, 0.29) is 6.04 Å². The van der Waals surface area contributed by atoms with E-state index in [9.17, 15) is 8.78 Å². The molecular formula is C15H15F2N5. The number of hydrogen-bond donors (Lipinski definition) is 1. The fraction of sp³-hybridized carbons (Fsp3) is 0.267. The second kappa shape index (κ2) is 5.67. The molecule has 0 aliphatic carbocycles. The van der Waals surface area contributed by atoms with Gasteiger partial charge in [0.1, 0.15) is 11.6 Å². The topological polar surface area (TPSA) is 59.4 Å². The van der Waals surface area contributed by atoms with Gasteiger partial charge in [-0.1, -0.05) is 0 Å². The van der Waals surface area contributed by atoms with Crippen molar-refractivity contribution in [3.63, 3.8) is 0 Å². The van der Waals surface area contributed by atoms with E-state index in [0.717, 1.165) is 18.0 Å². The van der Waals surface area contributed by atoms with Crippen LogP contribution in [0.4, 0.5) is 8.78 Å². The van der Waals surface area contributed by atoms with Gasteiger partial charge in [-0.05, 0) is 32.0 Å². The molecule has 0 spiro atoms. The first-order valence-electron chi connectivity index (χ1n) is 6.90. The van der Waals surface area contributed by atoms with E-state index in [0.29, 0.717) is 23.6 Å². The van der Waals surface area contributed by atoms with Crippen LogP contribution in [0.5, 0.6) is 0 Å². The third-order valence-electron chi connectivity index (χ3n) is 3.54. The minimum absolute atomic E-state index is 0.160. The molecule has 0 aliphatic rings. The van der Waals surface area contributed by atoms with E-state index in [1.54, 1.807) is 6.20 Å². The zero-order valence-electron chi connectivity index (χ0n) is 12.2. The summed E-state index contributed by atoms with van der Waals surface area (Å²) >= 11 is 0. The fourth-order valence-electron chi connectivity index (χ4n) is 2.38. The van der Waals surface area contributed by atoms with Gasteiger partial charge in [0.25, 0.3) is 0 Å². The maximum absolute atomic E-state index is 13.3. The lowest BCUT2D eigenvalue weighted by Crippen LogP contribution is -2.10. The average Bonchev–Trinajstić information content (AvgIpc) is 3.11. The number of imidazole rings is 1. The Bertz CT molecular complexity index is 793. The summed E-state index contributed by atoms with van der Waals surface area (Å²) < 4.78 is 28.3. The molecule has 1 atom stereocenters. The molecule has 0 fully saturated rings. The second-order valence-corrected chi connectivity index (χ2v) is 5.17. The van der Waals surface area contributed by atoms with Crippen LogP contribution in [0, 0.1) is 18.6 Å². The Morgan fingerprint density at radius 1 is 1.27 bits per heavy atom. The molecule has 0 amide bonds. The van der Waals surface area contributed by atoms with Crippen LogP contribution in [-0.2, 0) is 6.42 Å². The molecule has 1 aromatic carbocycles. The van der Waals surface area contributed by atoms with E-state index in [1.807, 2.05) is 17.7 Å². The molecule has 3 rings (SSSR count). The molecule has 0 aliphatic heterocycles. The van der Waals surface area contributed by atoms with Crippen LogP contribution in [0.3, 0.4) is 0 Å². The van der Waals surface area contributed by atoms with E-state index >= 15 is 0 Å². The van der Waals surface area contributed by atoms with Gasteiger partial charge in [-0.3, -0.25) is 5.10 Å². The second-order valence-electron chi connectivity index (χ2n) is 5.17. The number of hydrogen-bond acceptors (Lipinski definition) is 3. The Balaban J connectivity index is 1.79. The Labute approximate surface area is 126 Å². The van der Waals surface area contributed by atoms with Crippen LogP contribution in [0.2, 0.25) is 0 Å². The Hall–Kier alpha value is -2.57. The number of benzene rings is 1. The number of rotatable bonds is 4. The highest BCUT2D eigenvalue weighted by atomic mass is 19.2. The van der Waals surface area contributed by atoms with Gasteiger partial charge in [-0.15, -0.1) is 0 Å². The molecule has 0 saturated carbocycles. The first kappa shape index (κ1) is 14.4. The highest BCUT2D eigenvalue weighted by Gasteiger charge is 2.13. The SMILES string of the molecule is Cc1nccn1C(C)Cc1nc(-c2ccc(F)c(F)c2)n[nH]1. The number of nitrogens with one attached hydrogen (secondary N) is 1. The van der Waals surface area contributed by atoms with Crippen molar-refractivity contribution in [2.75, 3.05) is 0 Å². The number of aromatic amines is 1. The lowest BCUT2D eigenvalue weighted by Gasteiger charge is -2.12. The molecular weight excluding hydrogens is 288 g/mol. The standard InChI is InChI=1S/C15H15F2N5/c1-9(22-6-5-18-10(22)2)7-14-19-15(21-20-14)11-3-4-12(16)13(17)8-11/h3-6,8-9H,7H2,1-2H3,(H,19,20,21). The summed E-state index contributed by atoms with van der Waals surface area (Å²) in [6.07, 6.45) is 4.29. The van der Waals surface area contributed by atoms with E-state index in [4.69, 9.17) is 0 Å². The van der Waals surface area contributed by atoms with Crippen molar-refractivity contribution in [3.8, 4) is 11.4 Å². The highest BCUT2D eigenvalue weighted by molar-refractivity contribution is 5.54. The molecule has 114 valence electrons. The summed E-state index contributed by atoms with van der Waals surface area (Å²) in [6.45, 7) is 3.98. The zero-order valence-corrected chi connectivity index (χ0v) is 12.2. The maximum Gasteiger partial charge on any atom is 0.181 e. The van der Waals surface area contributed by atoms with Gasteiger partial charge in [-0.2, -0.15) is 5.10 Å². The summed E-state index contributed by atoms with van der Waals surface area (Å²) in [7, 11) is 0. The van der Waals surface area contributed by atoms with E-state index in [1.165, 1.54) is 6.07 Å². The molecule has 1 N–H and O–H groups in total. The van der Waals surface area contributed by atoms with Gasteiger partial charge in [0.15, 0.2) is 17.5 Å². The molecule has 5 nitrogen and oxygen atoms in total. The molecule has 2 heterocycles. The van der Waals surface area contributed by atoms with Gasteiger partial charge < -0.3 is 4.57 Å². The summed E-state index contributed by atoms with van der Waals surface area (Å²) in [4.78, 5) is 8.53. The summed E-state index contributed by atoms with van der Waals surface area (Å²) in [6, 6.07) is 3.77. The van der Waals surface area contributed by atoms with Gasteiger partial charge in [0.05, 0.1) is 0 Å². The maximum atomic E-state index is 13.3. The van der Waals surface area contributed by atoms with Crippen LogP contribution in [-0.4, -0.2) is 24.7 Å². The molecule has 0 saturated heterocycles. The van der Waals surface area contributed by atoms with Gasteiger partial charge >= 0.3 is 0 Å². The predicted molar refractivity (Wildman–Crippen MR) is 77.1 cm³/mol. The summed E-state index contributed by atoms with van der Waals surface area (Å²) in [5.74, 6) is 0.159. The van der Waals surface area contributed by atoms with Crippen LogP contribution in [0.1, 0.15) is 24.6 Å². The van der Waals surface area contributed by atoms with Gasteiger partial charge in [0, 0.05) is 30.4 Å². The molecule has 22 heavy (non-hydrogen) atoms. The smallest absolute Gasteiger partial charge is 0.181 e. The van der Waals surface area contributed by atoms with Crippen LogP contribution in [0.15, 0.2) is 30.6 Å². The number of H-pyrrole nitrogens is 1. The average molecular weight is 303 g/mol. The number of aryl methyl sites for hydroxylation is 1. The summed E-state index contributed by atoms with van der Waals surface area (Å²) in [5, 5.41) is 6.90. The zero-order chi connectivity index (χ0) is 15.7. The van der Waals surface area contributed by atoms with Crippen molar-refractivity contribution in [2.24, 2.45) is 0 Å². The van der Waals surface area contributed by atoms with E-state index in [2.05, 4.69) is 27.1 Å². The lowest BCUT2D eigenvalue weighted by atomic mass is 10.2. The Kier molecular flexibility index (Phi) is 3.70. The first-order chi connectivity index (χ1) is 10.5. The van der Waals surface area contributed by atoms with Gasteiger partial charge in [0.2, 0.25) is 0 Å². The molecule has 0 bridgehead atoms. The predicted octanol–water partition coefficient (Wildman–Crippen LogP) is 3.06. The fourth-order valence-corrected chi connectivity index (χ4v) is 2.38. The van der Waals surface area contributed by atoms with Crippen LogP contribution < -0.4 is 0 Å². The Morgan fingerprint density at radius 3 is 2.77 bits per heavy atom. The van der Waals surface area contributed by atoms with Crippen molar-refractivity contribution in [2.45, 2.75) is 26.3 Å². The van der Waals surface area contributed by atoms with Crippen molar-refractivity contribution in [1.82, 2.24) is 24.7 Å². The summed E-state index contributed by atoms with van der Waals surface area (Å²) in [5.41, 5.74) is 0.438. The Morgan fingerprint density at radius 2 is 2.09 bits per heavy atom. The normalized spacial score (nSPS) is 12.5. The molecule has 3 aromatic rings. The quantitative estimate of drug-likeness (QED) is 0.806. The minimum Gasteiger partial charge on any atom is -0.332 e.